The highest BCUT2D eigenvalue weighted by Gasteiger charge is 2.23. The van der Waals surface area contributed by atoms with Crippen LogP contribution in [0, 0.1) is 0 Å². The molecule has 0 bridgehead atoms. The Morgan fingerprint density at radius 3 is 2.81 bits per heavy atom. The van der Waals surface area contributed by atoms with Crippen LogP contribution in [-0.4, -0.2) is 23.6 Å². The zero-order chi connectivity index (χ0) is 15.6. The highest BCUT2D eigenvalue weighted by molar-refractivity contribution is 5.81. The van der Waals surface area contributed by atoms with Crippen LogP contribution >= 0.6 is 0 Å². The third-order valence-electron chi connectivity index (χ3n) is 3.52. The fraction of sp³-hybridized carbons (Fsp3) is 0.588. The number of anilines is 1. The van der Waals surface area contributed by atoms with Crippen LogP contribution in [0.2, 0.25) is 0 Å². The minimum Gasteiger partial charge on any atom is -0.479 e. The molecule has 4 nitrogen and oxygen atoms in total. The van der Waals surface area contributed by atoms with E-state index in [4.69, 9.17) is 4.74 Å². The molecule has 0 spiro atoms. The summed E-state index contributed by atoms with van der Waals surface area (Å²) in [6.45, 7) is 9.84. The van der Waals surface area contributed by atoms with Crippen LogP contribution in [0.5, 0.6) is 5.75 Å². The summed E-state index contributed by atoms with van der Waals surface area (Å²) < 4.78 is 5.89. The fourth-order valence-electron chi connectivity index (χ4n) is 2.45. The number of rotatable bonds is 3. The third-order valence-corrected chi connectivity index (χ3v) is 3.52. The van der Waals surface area contributed by atoms with Crippen molar-refractivity contribution in [2.24, 2.45) is 0 Å². The van der Waals surface area contributed by atoms with E-state index < -0.39 is 6.10 Å². The molecule has 1 heterocycles. The second kappa shape index (κ2) is 5.96. The second-order valence-electron chi connectivity index (χ2n) is 6.87. The van der Waals surface area contributed by atoms with Crippen LogP contribution in [-0.2, 0) is 11.2 Å². The van der Waals surface area contributed by atoms with Gasteiger partial charge >= 0.3 is 0 Å². The first-order valence-electron chi connectivity index (χ1n) is 7.63. The van der Waals surface area contributed by atoms with Crippen molar-refractivity contribution in [3.8, 4) is 5.75 Å². The topological polar surface area (TPSA) is 50.4 Å². The molecular formula is C17H26N2O2. The molecule has 0 aromatic heterocycles. The number of hydrogen-bond acceptors (Lipinski definition) is 3. The number of amides is 1. The molecule has 2 N–H and O–H groups in total. The van der Waals surface area contributed by atoms with Gasteiger partial charge in [-0.05, 0) is 59.1 Å². The number of aryl methyl sites for hydroxylation is 1. The first kappa shape index (κ1) is 15.7. The fourth-order valence-corrected chi connectivity index (χ4v) is 2.45. The van der Waals surface area contributed by atoms with Gasteiger partial charge in [-0.1, -0.05) is 12.1 Å². The number of fused-ring (bicyclic) bond motifs is 1. The molecule has 0 aliphatic carbocycles. The minimum absolute atomic E-state index is 0.0936. The van der Waals surface area contributed by atoms with E-state index in [-0.39, 0.29) is 11.4 Å². The minimum atomic E-state index is -0.519. The lowest BCUT2D eigenvalue weighted by Crippen LogP contribution is -2.46. The molecule has 0 saturated heterocycles. The van der Waals surface area contributed by atoms with E-state index in [9.17, 15) is 4.79 Å². The Balaban J connectivity index is 2.11. The summed E-state index contributed by atoms with van der Waals surface area (Å²) in [5, 5.41) is 6.41. The van der Waals surface area contributed by atoms with Gasteiger partial charge in [-0.3, -0.25) is 4.79 Å². The normalized spacial score (nSPS) is 19.2. The van der Waals surface area contributed by atoms with Gasteiger partial charge in [0.15, 0.2) is 6.10 Å². The Hall–Kier alpha value is -1.71. The molecule has 2 rings (SSSR count). The summed E-state index contributed by atoms with van der Waals surface area (Å²) in [6.07, 6.45) is 1.65. The van der Waals surface area contributed by atoms with Gasteiger partial charge < -0.3 is 15.4 Å². The lowest BCUT2D eigenvalue weighted by Gasteiger charge is -2.28. The predicted octanol–water partition coefficient (Wildman–Crippen LogP) is 3.12. The maximum Gasteiger partial charge on any atom is 0.261 e. The van der Waals surface area contributed by atoms with Crippen molar-refractivity contribution in [3.63, 3.8) is 0 Å². The van der Waals surface area contributed by atoms with Gasteiger partial charge in [-0.15, -0.1) is 0 Å². The largest absolute Gasteiger partial charge is 0.479 e. The van der Waals surface area contributed by atoms with E-state index >= 15 is 0 Å². The first-order valence-corrected chi connectivity index (χ1v) is 7.63. The molecule has 1 aliphatic rings. The van der Waals surface area contributed by atoms with Gasteiger partial charge in [0.25, 0.3) is 5.91 Å². The van der Waals surface area contributed by atoms with Gasteiger partial charge in [0.05, 0.1) is 5.69 Å². The number of ether oxygens (including phenoxy) is 1. The van der Waals surface area contributed by atoms with Crippen LogP contribution in [0.15, 0.2) is 18.2 Å². The highest BCUT2D eigenvalue weighted by Crippen LogP contribution is 2.34. The van der Waals surface area contributed by atoms with Crippen LogP contribution in [0.4, 0.5) is 5.69 Å². The number of benzene rings is 1. The standard InChI is InChI=1S/C17H26N2O2/c1-11-9-10-13-7-6-8-14(15(13)18-11)21-12(2)16(20)19-17(3,4)5/h6-8,11-12,18H,9-10H2,1-5H3,(H,19,20). The smallest absolute Gasteiger partial charge is 0.261 e. The van der Waals surface area contributed by atoms with Crippen LogP contribution < -0.4 is 15.4 Å². The molecule has 0 fully saturated rings. The van der Waals surface area contributed by atoms with Gasteiger partial charge in [0.1, 0.15) is 5.75 Å². The molecule has 4 heteroatoms. The van der Waals surface area contributed by atoms with Crippen molar-refractivity contribution in [2.45, 2.75) is 65.1 Å². The number of nitrogens with one attached hydrogen (secondary N) is 2. The van der Waals surface area contributed by atoms with Gasteiger partial charge in [-0.25, -0.2) is 0 Å². The van der Waals surface area contributed by atoms with Gasteiger partial charge in [0, 0.05) is 11.6 Å². The lowest BCUT2D eigenvalue weighted by atomic mass is 9.98. The zero-order valence-electron chi connectivity index (χ0n) is 13.6. The van der Waals surface area contributed by atoms with Crippen LogP contribution in [0.1, 0.15) is 46.6 Å². The molecule has 2 atom stereocenters. The Morgan fingerprint density at radius 1 is 1.43 bits per heavy atom. The molecule has 1 amide bonds. The molecule has 0 radical (unpaired) electrons. The predicted molar refractivity (Wildman–Crippen MR) is 85.8 cm³/mol. The molecule has 1 aromatic carbocycles. The molecule has 0 saturated carbocycles. The molecule has 1 aromatic rings. The Labute approximate surface area is 127 Å². The van der Waals surface area contributed by atoms with E-state index in [0.717, 1.165) is 24.3 Å². The summed E-state index contributed by atoms with van der Waals surface area (Å²) in [6, 6.07) is 6.45. The second-order valence-corrected chi connectivity index (χ2v) is 6.87. The Kier molecular flexibility index (Phi) is 4.45. The lowest BCUT2D eigenvalue weighted by molar-refractivity contribution is -0.128. The average Bonchev–Trinajstić information content (AvgIpc) is 2.37. The molecule has 21 heavy (non-hydrogen) atoms. The van der Waals surface area contributed by atoms with E-state index in [2.05, 4.69) is 23.6 Å². The Bertz CT molecular complexity index is 520. The number of hydrogen-bond donors (Lipinski definition) is 2. The van der Waals surface area contributed by atoms with Crippen molar-refractivity contribution < 1.29 is 9.53 Å². The maximum absolute atomic E-state index is 12.1. The number of para-hydroxylation sites is 1. The van der Waals surface area contributed by atoms with Gasteiger partial charge in [-0.2, -0.15) is 0 Å². The summed E-state index contributed by atoms with van der Waals surface area (Å²) in [4.78, 5) is 12.1. The van der Waals surface area contributed by atoms with Crippen LogP contribution in [0.3, 0.4) is 0 Å². The van der Waals surface area contributed by atoms with E-state index in [1.165, 1.54) is 5.56 Å². The Morgan fingerprint density at radius 2 is 2.14 bits per heavy atom. The molecular weight excluding hydrogens is 264 g/mol. The zero-order valence-corrected chi connectivity index (χ0v) is 13.6. The summed E-state index contributed by atoms with van der Waals surface area (Å²) in [7, 11) is 0. The van der Waals surface area contributed by atoms with E-state index in [1.807, 2.05) is 32.9 Å². The first-order chi connectivity index (χ1) is 9.76. The average molecular weight is 290 g/mol. The van der Waals surface area contributed by atoms with Crippen LogP contribution in [0.25, 0.3) is 0 Å². The summed E-state index contributed by atoms with van der Waals surface area (Å²) >= 11 is 0. The quantitative estimate of drug-likeness (QED) is 0.899. The van der Waals surface area contributed by atoms with Crippen molar-refractivity contribution in [2.75, 3.05) is 5.32 Å². The van der Waals surface area contributed by atoms with Crippen molar-refractivity contribution in [3.05, 3.63) is 23.8 Å². The van der Waals surface area contributed by atoms with E-state index in [1.54, 1.807) is 6.92 Å². The number of carbonyl (C=O) groups excluding carboxylic acids is 1. The van der Waals surface area contributed by atoms with Crippen molar-refractivity contribution in [1.29, 1.82) is 0 Å². The monoisotopic (exact) mass is 290 g/mol. The highest BCUT2D eigenvalue weighted by atomic mass is 16.5. The third kappa shape index (κ3) is 4.13. The van der Waals surface area contributed by atoms with Gasteiger partial charge in [0.2, 0.25) is 0 Å². The molecule has 2 unspecified atom stereocenters. The number of carbonyl (C=O) groups is 1. The summed E-state index contributed by atoms with van der Waals surface area (Å²) in [5.74, 6) is 0.666. The van der Waals surface area contributed by atoms with E-state index in [0.29, 0.717) is 6.04 Å². The van der Waals surface area contributed by atoms with Crippen molar-refractivity contribution in [1.82, 2.24) is 5.32 Å². The molecule has 116 valence electrons. The van der Waals surface area contributed by atoms with Crippen molar-refractivity contribution >= 4 is 11.6 Å². The molecule has 1 aliphatic heterocycles. The SMILES string of the molecule is CC1CCc2cccc(OC(C)C(=O)NC(C)(C)C)c2N1. The maximum atomic E-state index is 12.1. The summed E-state index contributed by atoms with van der Waals surface area (Å²) in [5.41, 5.74) is 2.04.